The average molecular weight is 100 g/mol. The molecule has 0 radical (unpaired) electrons. The number of hydrogen-bond acceptors (Lipinski definition) is 2. The molecule has 1 aliphatic carbocycles. The van der Waals surface area contributed by atoms with Gasteiger partial charge in [-0.15, -0.1) is 0 Å². The van der Waals surface area contributed by atoms with Crippen LogP contribution in [0.5, 0.6) is 0 Å². The number of aliphatic hydroxyl groups excluding tert-OH is 1. The summed E-state index contributed by atoms with van der Waals surface area (Å²) < 4.78 is 5.02. The van der Waals surface area contributed by atoms with E-state index in [9.17, 15) is 0 Å². The molecule has 0 amide bonds. The molecule has 1 saturated carbocycles. The Kier molecular flexibility index (Phi) is 0.557. The Hall–Kier alpha value is -0.0800. The Bertz CT molecular complexity index is 92.1. The molecule has 0 spiro atoms. The summed E-state index contributed by atoms with van der Waals surface area (Å²) in [7, 11) is 0. The van der Waals surface area contributed by atoms with Crippen molar-refractivity contribution in [3.8, 4) is 0 Å². The second-order valence-corrected chi connectivity index (χ2v) is 2.28. The van der Waals surface area contributed by atoms with Crippen LogP contribution in [0.2, 0.25) is 0 Å². The summed E-state index contributed by atoms with van der Waals surface area (Å²) in [5.74, 6) is 0. The van der Waals surface area contributed by atoms with Gasteiger partial charge in [-0.1, -0.05) is 0 Å². The van der Waals surface area contributed by atoms with Gasteiger partial charge in [-0.2, -0.15) is 0 Å². The Morgan fingerprint density at radius 1 is 1.43 bits per heavy atom. The van der Waals surface area contributed by atoms with E-state index >= 15 is 0 Å². The standard InChI is InChI=1S/C5H8O2/c6-3-1-2-4-5(3)7-4/h3-6H,1-2H2/t3-,4+,5-/m1/s1. The molecule has 1 aliphatic heterocycles. The van der Waals surface area contributed by atoms with Gasteiger partial charge < -0.3 is 9.84 Å². The third-order valence-electron chi connectivity index (χ3n) is 1.75. The topological polar surface area (TPSA) is 32.8 Å². The second-order valence-electron chi connectivity index (χ2n) is 2.28. The molecule has 2 nitrogen and oxygen atoms in total. The quantitative estimate of drug-likeness (QED) is 0.431. The predicted octanol–water partition coefficient (Wildman–Crippen LogP) is -0.0915. The molecule has 7 heavy (non-hydrogen) atoms. The van der Waals surface area contributed by atoms with Gasteiger partial charge in [0.05, 0.1) is 12.2 Å². The van der Waals surface area contributed by atoms with Crippen LogP contribution in [0.4, 0.5) is 0 Å². The monoisotopic (exact) mass is 100 g/mol. The van der Waals surface area contributed by atoms with Gasteiger partial charge in [0.25, 0.3) is 0 Å². The lowest BCUT2D eigenvalue weighted by Crippen LogP contribution is -2.08. The SMILES string of the molecule is O[C@@H]1CC[C@@H]2O[C@H]12. The van der Waals surface area contributed by atoms with Crippen LogP contribution < -0.4 is 0 Å². The first-order chi connectivity index (χ1) is 3.38. The Labute approximate surface area is 42.1 Å². The van der Waals surface area contributed by atoms with Crippen molar-refractivity contribution in [3.63, 3.8) is 0 Å². The van der Waals surface area contributed by atoms with Crippen molar-refractivity contribution in [1.29, 1.82) is 0 Å². The molecule has 2 aliphatic rings. The maximum absolute atomic E-state index is 8.91. The molecule has 2 heteroatoms. The van der Waals surface area contributed by atoms with Gasteiger partial charge in [-0.3, -0.25) is 0 Å². The van der Waals surface area contributed by atoms with E-state index in [4.69, 9.17) is 9.84 Å². The second kappa shape index (κ2) is 1.01. The first kappa shape index (κ1) is 3.87. The normalized spacial score (nSPS) is 57.0. The van der Waals surface area contributed by atoms with Crippen LogP contribution in [0.25, 0.3) is 0 Å². The van der Waals surface area contributed by atoms with Crippen LogP contribution in [-0.2, 0) is 4.74 Å². The molecule has 2 fully saturated rings. The first-order valence-electron chi connectivity index (χ1n) is 2.71. The number of hydrogen-bond donors (Lipinski definition) is 1. The van der Waals surface area contributed by atoms with E-state index in [1.165, 1.54) is 0 Å². The van der Waals surface area contributed by atoms with Gasteiger partial charge in [0.15, 0.2) is 0 Å². The zero-order valence-corrected chi connectivity index (χ0v) is 4.00. The maximum Gasteiger partial charge on any atom is 0.110 e. The number of fused-ring (bicyclic) bond motifs is 1. The zero-order chi connectivity index (χ0) is 4.85. The number of rotatable bonds is 0. The maximum atomic E-state index is 8.91. The highest BCUT2D eigenvalue weighted by Gasteiger charge is 2.49. The third kappa shape index (κ3) is 0.409. The third-order valence-corrected chi connectivity index (χ3v) is 1.75. The van der Waals surface area contributed by atoms with Crippen molar-refractivity contribution in [1.82, 2.24) is 0 Å². The summed E-state index contributed by atoms with van der Waals surface area (Å²) in [6.45, 7) is 0. The molecular formula is C5H8O2. The van der Waals surface area contributed by atoms with E-state index in [1.807, 2.05) is 0 Å². The molecule has 0 unspecified atom stereocenters. The smallest absolute Gasteiger partial charge is 0.110 e. The van der Waals surface area contributed by atoms with Gasteiger partial charge in [0.1, 0.15) is 6.10 Å². The molecule has 0 aromatic carbocycles. The van der Waals surface area contributed by atoms with Gasteiger partial charge in [0.2, 0.25) is 0 Å². The van der Waals surface area contributed by atoms with Gasteiger partial charge in [-0.25, -0.2) is 0 Å². The molecule has 1 N–H and O–H groups in total. The summed E-state index contributed by atoms with van der Waals surface area (Å²) >= 11 is 0. The van der Waals surface area contributed by atoms with Crippen molar-refractivity contribution >= 4 is 0 Å². The molecule has 2 rings (SSSR count). The van der Waals surface area contributed by atoms with E-state index in [0.29, 0.717) is 6.10 Å². The molecule has 0 aromatic rings. The molecule has 3 atom stereocenters. The van der Waals surface area contributed by atoms with Crippen LogP contribution in [0.15, 0.2) is 0 Å². The summed E-state index contributed by atoms with van der Waals surface area (Å²) in [5, 5.41) is 8.91. The van der Waals surface area contributed by atoms with Crippen LogP contribution in [0, 0.1) is 0 Å². The summed E-state index contributed by atoms with van der Waals surface area (Å²) in [6.07, 6.45) is 2.57. The van der Waals surface area contributed by atoms with Crippen molar-refractivity contribution in [3.05, 3.63) is 0 Å². The van der Waals surface area contributed by atoms with Crippen molar-refractivity contribution in [2.75, 3.05) is 0 Å². The van der Waals surface area contributed by atoms with Gasteiger partial charge >= 0.3 is 0 Å². The molecule has 1 heterocycles. The fraction of sp³-hybridized carbons (Fsp3) is 1.00. The first-order valence-corrected chi connectivity index (χ1v) is 2.71. The lowest BCUT2D eigenvalue weighted by molar-refractivity contribution is 0.119. The number of epoxide rings is 1. The lowest BCUT2D eigenvalue weighted by atomic mass is 10.3. The summed E-state index contributed by atoms with van der Waals surface area (Å²) in [4.78, 5) is 0. The number of ether oxygens (including phenoxy) is 1. The summed E-state index contributed by atoms with van der Waals surface area (Å²) in [6, 6.07) is 0. The Morgan fingerprint density at radius 3 is 2.43 bits per heavy atom. The van der Waals surface area contributed by atoms with Crippen molar-refractivity contribution < 1.29 is 9.84 Å². The van der Waals surface area contributed by atoms with Gasteiger partial charge in [0, 0.05) is 0 Å². The predicted molar refractivity (Wildman–Crippen MR) is 23.9 cm³/mol. The van der Waals surface area contributed by atoms with Crippen LogP contribution in [0.1, 0.15) is 12.8 Å². The average Bonchev–Trinajstić information content (AvgIpc) is 2.33. The van der Waals surface area contributed by atoms with E-state index in [0.717, 1.165) is 12.8 Å². The van der Waals surface area contributed by atoms with Crippen molar-refractivity contribution in [2.45, 2.75) is 31.2 Å². The van der Waals surface area contributed by atoms with Gasteiger partial charge in [-0.05, 0) is 12.8 Å². The van der Waals surface area contributed by atoms with E-state index < -0.39 is 0 Å². The molecule has 1 saturated heterocycles. The highest BCUT2D eigenvalue weighted by Crippen LogP contribution is 2.38. The molecular weight excluding hydrogens is 92.1 g/mol. The van der Waals surface area contributed by atoms with Crippen LogP contribution >= 0.6 is 0 Å². The minimum atomic E-state index is -0.134. The minimum Gasteiger partial charge on any atom is -0.390 e. The molecule has 0 bridgehead atoms. The van der Waals surface area contributed by atoms with E-state index in [1.54, 1.807) is 0 Å². The van der Waals surface area contributed by atoms with Crippen LogP contribution in [-0.4, -0.2) is 23.4 Å². The highest BCUT2D eigenvalue weighted by atomic mass is 16.6. The van der Waals surface area contributed by atoms with E-state index in [-0.39, 0.29) is 12.2 Å². The molecule has 40 valence electrons. The fourth-order valence-corrected chi connectivity index (χ4v) is 1.23. The van der Waals surface area contributed by atoms with Crippen molar-refractivity contribution in [2.24, 2.45) is 0 Å². The Morgan fingerprint density at radius 2 is 2.29 bits per heavy atom. The largest absolute Gasteiger partial charge is 0.390 e. The summed E-state index contributed by atoms with van der Waals surface area (Å²) in [5.41, 5.74) is 0. The fourth-order valence-electron chi connectivity index (χ4n) is 1.23. The van der Waals surface area contributed by atoms with E-state index in [2.05, 4.69) is 0 Å². The zero-order valence-electron chi connectivity index (χ0n) is 4.00. The number of aliphatic hydroxyl groups is 1. The molecule has 0 aromatic heterocycles. The minimum absolute atomic E-state index is 0.134. The highest BCUT2D eigenvalue weighted by molar-refractivity contribution is 4.97. The van der Waals surface area contributed by atoms with Crippen LogP contribution in [0.3, 0.4) is 0 Å². The Balaban J connectivity index is 2.08. The lowest BCUT2D eigenvalue weighted by Gasteiger charge is -1.96.